The summed E-state index contributed by atoms with van der Waals surface area (Å²) >= 11 is 6.55. The molecule has 0 saturated heterocycles. The molecule has 19 heavy (non-hydrogen) atoms. The van der Waals surface area contributed by atoms with Crippen molar-refractivity contribution in [3.63, 3.8) is 0 Å². The number of hydrogen-bond acceptors (Lipinski definition) is 1. The number of carbonyl (C=O) groups excluding carboxylic acids is 1. The normalized spacial score (nSPS) is 10.3. The molecule has 1 amide bonds. The minimum absolute atomic E-state index is 0.0373. The Morgan fingerprint density at radius 1 is 1.16 bits per heavy atom. The summed E-state index contributed by atoms with van der Waals surface area (Å²) in [7, 11) is 0. The third-order valence-corrected chi connectivity index (χ3v) is 3.84. The summed E-state index contributed by atoms with van der Waals surface area (Å²) in [6.07, 6.45) is 0. The summed E-state index contributed by atoms with van der Waals surface area (Å²) in [5.41, 5.74) is 0.976. The molecule has 2 nitrogen and oxygen atoms in total. The number of benzene rings is 2. The first kappa shape index (κ1) is 14.2. The largest absolute Gasteiger partial charge is 0.348 e. The van der Waals surface area contributed by atoms with Crippen LogP contribution in [0.2, 0.25) is 0 Å². The van der Waals surface area contributed by atoms with E-state index in [2.05, 4.69) is 37.2 Å². The second-order valence-corrected chi connectivity index (χ2v) is 5.67. The topological polar surface area (TPSA) is 29.1 Å². The average Bonchev–Trinajstić information content (AvgIpc) is 2.37. The molecule has 0 atom stereocenters. The molecule has 0 aliphatic heterocycles. The molecule has 0 saturated carbocycles. The third kappa shape index (κ3) is 3.64. The zero-order valence-corrected chi connectivity index (χ0v) is 13.0. The predicted molar refractivity (Wildman–Crippen MR) is 79.4 cm³/mol. The Labute approximate surface area is 127 Å². The van der Waals surface area contributed by atoms with Crippen molar-refractivity contribution in [2.45, 2.75) is 6.54 Å². The Hall–Kier alpha value is -1.20. The number of carbonyl (C=O) groups is 1. The second-order valence-electron chi connectivity index (χ2n) is 3.90. The van der Waals surface area contributed by atoms with Crippen LogP contribution in [0.4, 0.5) is 4.39 Å². The number of hydrogen-bond donors (Lipinski definition) is 1. The maximum absolute atomic E-state index is 13.6. The van der Waals surface area contributed by atoms with Gasteiger partial charge in [0.2, 0.25) is 0 Å². The summed E-state index contributed by atoms with van der Waals surface area (Å²) in [5.74, 6) is -0.972. The van der Waals surface area contributed by atoms with Crippen LogP contribution in [0.3, 0.4) is 0 Å². The van der Waals surface area contributed by atoms with E-state index < -0.39 is 11.7 Å². The zero-order chi connectivity index (χ0) is 13.8. The molecule has 5 heteroatoms. The van der Waals surface area contributed by atoms with Gasteiger partial charge in [-0.15, -0.1) is 0 Å². The Bertz CT molecular complexity index is 616. The molecular formula is C14H10Br2FNO. The van der Waals surface area contributed by atoms with E-state index in [1.165, 1.54) is 12.1 Å². The summed E-state index contributed by atoms with van der Waals surface area (Å²) in [5, 5.41) is 2.69. The van der Waals surface area contributed by atoms with Gasteiger partial charge in [0.05, 0.1) is 5.56 Å². The molecule has 0 aliphatic rings. The lowest BCUT2D eigenvalue weighted by molar-refractivity contribution is 0.0947. The lowest BCUT2D eigenvalue weighted by Crippen LogP contribution is -2.24. The predicted octanol–water partition coefficient (Wildman–Crippen LogP) is 4.28. The van der Waals surface area contributed by atoms with Crippen molar-refractivity contribution in [2.75, 3.05) is 0 Å². The first-order chi connectivity index (χ1) is 9.08. The van der Waals surface area contributed by atoms with Gasteiger partial charge in [0, 0.05) is 15.5 Å². The van der Waals surface area contributed by atoms with Crippen LogP contribution in [0, 0.1) is 5.82 Å². The van der Waals surface area contributed by atoms with E-state index in [9.17, 15) is 9.18 Å². The van der Waals surface area contributed by atoms with E-state index in [1.807, 2.05) is 24.3 Å². The van der Waals surface area contributed by atoms with Gasteiger partial charge < -0.3 is 5.32 Å². The molecule has 2 aromatic carbocycles. The van der Waals surface area contributed by atoms with Gasteiger partial charge >= 0.3 is 0 Å². The third-order valence-electron chi connectivity index (χ3n) is 2.57. The van der Waals surface area contributed by atoms with Crippen LogP contribution < -0.4 is 5.32 Å². The monoisotopic (exact) mass is 385 g/mol. The molecule has 0 fully saturated rings. The van der Waals surface area contributed by atoms with Crippen molar-refractivity contribution >= 4 is 37.8 Å². The highest BCUT2D eigenvalue weighted by Gasteiger charge is 2.11. The van der Waals surface area contributed by atoms with Crippen molar-refractivity contribution in [1.29, 1.82) is 0 Å². The maximum Gasteiger partial charge on any atom is 0.254 e. The Morgan fingerprint density at radius 2 is 1.89 bits per heavy atom. The van der Waals surface area contributed by atoms with E-state index in [1.54, 1.807) is 6.07 Å². The lowest BCUT2D eigenvalue weighted by atomic mass is 10.2. The summed E-state index contributed by atoms with van der Waals surface area (Å²) in [6, 6.07) is 11.9. The van der Waals surface area contributed by atoms with Crippen LogP contribution in [0.15, 0.2) is 51.4 Å². The minimum atomic E-state index is -0.543. The van der Waals surface area contributed by atoms with Crippen LogP contribution in [0.1, 0.15) is 15.9 Å². The molecule has 0 aromatic heterocycles. The standard InChI is InChI=1S/C14H10Br2FNO/c15-10-5-6-11(13(17)7-10)14(19)18-8-9-3-1-2-4-12(9)16/h1-7H,8H2,(H,18,19). The van der Waals surface area contributed by atoms with E-state index >= 15 is 0 Å². The maximum atomic E-state index is 13.6. The number of halogens is 3. The van der Waals surface area contributed by atoms with Crippen molar-refractivity contribution in [3.05, 3.63) is 68.4 Å². The van der Waals surface area contributed by atoms with Crippen molar-refractivity contribution < 1.29 is 9.18 Å². The van der Waals surface area contributed by atoms with Gasteiger partial charge in [-0.25, -0.2) is 4.39 Å². The first-order valence-electron chi connectivity index (χ1n) is 5.54. The molecule has 0 bridgehead atoms. The Kier molecular flexibility index (Phi) is 4.71. The molecule has 0 spiro atoms. The molecule has 0 heterocycles. The van der Waals surface area contributed by atoms with Gasteiger partial charge in [-0.05, 0) is 29.8 Å². The van der Waals surface area contributed by atoms with Crippen LogP contribution in [-0.2, 0) is 6.54 Å². The molecule has 2 rings (SSSR count). The zero-order valence-electron chi connectivity index (χ0n) is 9.79. The number of amides is 1. The quantitative estimate of drug-likeness (QED) is 0.837. The van der Waals surface area contributed by atoms with Gasteiger partial charge in [-0.3, -0.25) is 4.79 Å². The lowest BCUT2D eigenvalue weighted by Gasteiger charge is -2.08. The first-order valence-corrected chi connectivity index (χ1v) is 7.13. The van der Waals surface area contributed by atoms with Crippen LogP contribution in [0.5, 0.6) is 0 Å². The van der Waals surface area contributed by atoms with Gasteiger partial charge in [-0.1, -0.05) is 50.1 Å². The molecule has 98 valence electrons. The second kappa shape index (κ2) is 6.30. The fraction of sp³-hybridized carbons (Fsp3) is 0.0714. The highest BCUT2D eigenvalue weighted by atomic mass is 79.9. The van der Waals surface area contributed by atoms with E-state index in [4.69, 9.17) is 0 Å². The minimum Gasteiger partial charge on any atom is -0.348 e. The number of rotatable bonds is 3. The molecule has 1 N–H and O–H groups in total. The van der Waals surface area contributed by atoms with Crippen LogP contribution in [0.25, 0.3) is 0 Å². The van der Waals surface area contributed by atoms with Gasteiger partial charge in [0.1, 0.15) is 5.82 Å². The van der Waals surface area contributed by atoms with Crippen molar-refractivity contribution in [3.8, 4) is 0 Å². The summed E-state index contributed by atoms with van der Waals surface area (Å²) in [4.78, 5) is 11.9. The van der Waals surface area contributed by atoms with Crippen molar-refractivity contribution in [2.24, 2.45) is 0 Å². The summed E-state index contributed by atoms with van der Waals surface area (Å²) in [6.45, 7) is 0.343. The molecule has 0 radical (unpaired) electrons. The SMILES string of the molecule is O=C(NCc1ccccc1Br)c1ccc(Br)cc1F. The molecule has 0 unspecified atom stereocenters. The fourth-order valence-electron chi connectivity index (χ4n) is 1.59. The van der Waals surface area contributed by atoms with Crippen LogP contribution in [-0.4, -0.2) is 5.91 Å². The van der Waals surface area contributed by atoms with Gasteiger partial charge in [0.15, 0.2) is 0 Å². The Morgan fingerprint density at radius 3 is 2.58 bits per heavy atom. The molecule has 2 aromatic rings. The van der Waals surface area contributed by atoms with Crippen LogP contribution >= 0.6 is 31.9 Å². The van der Waals surface area contributed by atoms with Gasteiger partial charge in [-0.2, -0.15) is 0 Å². The van der Waals surface area contributed by atoms with E-state index in [0.29, 0.717) is 11.0 Å². The highest BCUT2D eigenvalue weighted by molar-refractivity contribution is 9.10. The number of nitrogens with one attached hydrogen (secondary N) is 1. The molecular weight excluding hydrogens is 377 g/mol. The van der Waals surface area contributed by atoms with Gasteiger partial charge in [0.25, 0.3) is 5.91 Å². The summed E-state index contributed by atoms with van der Waals surface area (Å²) < 4.78 is 15.1. The highest BCUT2D eigenvalue weighted by Crippen LogP contribution is 2.17. The van der Waals surface area contributed by atoms with Crippen molar-refractivity contribution in [1.82, 2.24) is 5.32 Å². The van der Waals surface area contributed by atoms with E-state index in [-0.39, 0.29) is 5.56 Å². The van der Waals surface area contributed by atoms with E-state index in [0.717, 1.165) is 10.0 Å². The Balaban J connectivity index is 2.08. The molecule has 0 aliphatic carbocycles. The smallest absolute Gasteiger partial charge is 0.254 e. The average molecular weight is 387 g/mol. The fourth-order valence-corrected chi connectivity index (χ4v) is 2.34.